The number of aryl methyl sites for hydroxylation is 1. The first-order valence-electron chi connectivity index (χ1n) is 4.91. The summed E-state index contributed by atoms with van der Waals surface area (Å²) >= 11 is 0. The van der Waals surface area contributed by atoms with Crippen LogP contribution in [0.5, 0.6) is 0 Å². The zero-order valence-corrected chi connectivity index (χ0v) is 8.83. The molecular weight excluding hydrogens is 174 g/mol. The number of aromatic nitrogens is 2. The summed E-state index contributed by atoms with van der Waals surface area (Å²) in [6.07, 6.45) is 4.60. The first-order valence-corrected chi connectivity index (χ1v) is 4.91. The Morgan fingerprint density at radius 1 is 1.64 bits per heavy atom. The standard InChI is InChI=1S/C11H17N3/c1-4-6-10(12-5-2)11-7-8-13-9(3)14-11/h4,7-8,10,12H,1,5-6H2,2-3H3. The zero-order chi connectivity index (χ0) is 10.4. The largest absolute Gasteiger partial charge is 0.309 e. The lowest BCUT2D eigenvalue weighted by Gasteiger charge is -2.15. The van der Waals surface area contributed by atoms with E-state index in [0.717, 1.165) is 24.5 Å². The summed E-state index contributed by atoms with van der Waals surface area (Å²) < 4.78 is 0. The van der Waals surface area contributed by atoms with E-state index in [2.05, 4.69) is 28.8 Å². The van der Waals surface area contributed by atoms with Crippen molar-refractivity contribution in [2.45, 2.75) is 26.3 Å². The van der Waals surface area contributed by atoms with Crippen molar-refractivity contribution in [3.05, 3.63) is 36.4 Å². The van der Waals surface area contributed by atoms with Gasteiger partial charge in [-0.15, -0.1) is 6.58 Å². The molecule has 3 heteroatoms. The highest BCUT2D eigenvalue weighted by Gasteiger charge is 2.09. The van der Waals surface area contributed by atoms with Gasteiger partial charge in [0.15, 0.2) is 0 Å². The quantitative estimate of drug-likeness (QED) is 0.723. The summed E-state index contributed by atoms with van der Waals surface area (Å²) in [6, 6.07) is 2.21. The van der Waals surface area contributed by atoms with Crippen LogP contribution in [0.25, 0.3) is 0 Å². The Kier molecular flexibility index (Phi) is 4.26. The Balaban J connectivity index is 2.80. The maximum absolute atomic E-state index is 4.39. The summed E-state index contributed by atoms with van der Waals surface area (Å²) in [5, 5.41) is 3.37. The van der Waals surface area contributed by atoms with Crippen molar-refractivity contribution in [3.63, 3.8) is 0 Å². The van der Waals surface area contributed by atoms with Gasteiger partial charge in [-0.1, -0.05) is 13.0 Å². The monoisotopic (exact) mass is 191 g/mol. The highest BCUT2D eigenvalue weighted by atomic mass is 15.0. The number of hydrogen-bond acceptors (Lipinski definition) is 3. The van der Waals surface area contributed by atoms with Crippen molar-refractivity contribution in [2.75, 3.05) is 6.54 Å². The van der Waals surface area contributed by atoms with E-state index < -0.39 is 0 Å². The van der Waals surface area contributed by atoms with E-state index in [4.69, 9.17) is 0 Å². The van der Waals surface area contributed by atoms with Crippen LogP contribution < -0.4 is 5.32 Å². The normalized spacial score (nSPS) is 12.4. The minimum Gasteiger partial charge on any atom is -0.309 e. The average molecular weight is 191 g/mol. The molecule has 0 aliphatic rings. The van der Waals surface area contributed by atoms with Gasteiger partial charge < -0.3 is 5.32 Å². The lowest BCUT2D eigenvalue weighted by atomic mass is 10.1. The lowest BCUT2D eigenvalue weighted by molar-refractivity contribution is 0.543. The van der Waals surface area contributed by atoms with Gasteiger partial charge in [0.2, 0.25) is 0 Å². The number of nitrogens with zero attached hydrogens (tertiary/aromatic N) is 2. The summed E-state index contributed by atoms with van der Waals surface area (Å²) in [5.74, 6) is 0.814. The summed E-state index contributed by atoms with van der Waals surface area (Å²) in [5.41, 5.74) is 1.04. The van der Waals surface area contributed by atoms with E-state index >= 15 is 0 Å². The minimum atomic E-state index is 0.263. The molecule has 0 amide bonds. The van der Waals surface area contributed by atoms with Gasteiger partial charge in [0.05, 0.1) is 11.7 Å². The summed E-state index contributed by atoms with van der Waals surface area (Å²) in [4.78, 5) is 8.47. The molecule has 0 saturated carbocycles. The molecule has 1 aromatic heterocycles. The number of rotatable bonds is 5. The molecule has 3 nitrogen and oxygen atoms in total. The molecule has 1 rings (SSSR count). The predicted octanol–water partition coefficient (Wildman–Crippen LogP) is 2.01. The van der Waals surface area contributed by atoms with Crippen LogP contribution in [0, 0.1) is 6.92 Å². The van der Waals surface area contributed by atoms with E-state index in [1.54, 1.807) is 6.20 Å². The van der Waals surface area contributed by atoms with Crippen LogP contribution in [0.2, 0.25) is 0 Å². The van der Waals surface area contributed by atoms with E-state index in [-0.39, 0.29) is 6.04 Å². The molecule has 1 aromatic rings. The van der Waals surface area contributed by atoms with Crippen LogP contribution in [0.1, 0.15) is 30.9 Å². The van der Waals surface area contributed by atoms with Crippen LogP contribution in [-0.2, 0) is 0 Å². The molecule has 1 atom stereocenters. The average Bonchev–Trinajstić information content (AvgIpc) is 2.17. The van der Waals surface area contributed by atoms with Crippen molar-refractivity contribution in [1.82, 2.24) is 15.3 Å². The van der Waals surface area contributed by atoms with Gasteiger partial charge in [-0.05, 0) is 26.0 Å². The Bertz CT molecular complexity index is 296. The van der Waals surface area contributed by atoms with Crippen molar-refractivity contribution in [3.8, 4) is 0 Å². The van der Waals surface area contributed by atoms with E-state index in [9.17, 15) is 0 Å². The number of hydrogen-bond donors (Lipinski definition) is 1. The first-order chi connectivity index (χ1) is 6.77. The smallest absolute Gasteiger partial charge is 0.125 e. The Hall–Kier alpha value is -1.22. The van der Waals surface area contributed by atoms with E-state index in [1.807, 2.05) is 19.1 Å². The highest BCUT2D eigenvalue weighted by molar-refractivity contribution is 5.08. The second-order valence-electron chi connectivity index (χ2n) is 3.16. The Morgan fingerprint density at radius 3 is 3.00 bits per heavy atom. The Morgan fingerprint density at radius 2 is 2.43 bits per heavy atom. The molecule has 0 aliphatic carbocycles. The molecule has 0 fully saturated rings. The molecule has 0 saturated heterocycles. The van der Waals surface area contributed by atoms with Gasteiger partial charge in [-0.25, -0.2) is 9.97 Å². The molecule has 14 heavy (non-hydrogen) atoms. The fourth-order valence-electron chi connectivity index (χ4n) is 1.39. The van der Waals surface area contributed by atoms with Gasteiger partial charge >= 0.3 is 0 Å². The van der Waals surface area contributed by atoms with Crippen molar-refractivity contribution in [1.29, 1.82) is 0 Å². The number of nitrogens with one attached hydrogen (secondary N) is 1. The summed E-state index contributed by atoms with van der Waals surface area (Å²) in [6.45, 7) is 8.67. The predicted molar refractivity (Wildman–Crippen MR) is 58.0 cm³/mol. The van der Waals surface area contributed by atoms with Crippen LogP contribution in [0.3, 0.4) is 0 Å². The zero-order valence-electron chi connectivity index (χ0n) is 8.83. The van der Waals surface area contributed by atoms with E-state index in [0.29, 0.717) is 0 Å². The topological polar surface area (TPSA) is 37.8 Å². The first kappa shape index (κ1) is 10.9. The molecule has 0 aromatic carbocycles. The second kappa shape index (κ2) is 5.50. The molecule has 0 bridgehead atoms. The molecule has 76 valence electrons. The lowest BCUT2D eigenvalue weighted by Crippen LogP contribution is -2.21. The van der Waals surface area contributed by atoms with Gasteiger partial charge in [0.25, 0.3) is 0 Å². The van der Waals surface area contributed by atoms with Gasteiger partial charge in [-0.2, -0.15) is 0 Å². The van der Waals surface area contributed by atoms with Crippen LogP contribution in [-0.4, -0.2) is 16.5 Å². The maximum atomic E-state index is 4.39. The van der Waals surface area contributed by atoms with E-state index in [1.165, 1.54) is 0 Å². The molecule has 0 aliphatic heterocycles. The van der Waals surface area contributed by atoms with Crippen LogP contribution in [0.15, 0.2) is 24.9 Å². The molecule has 1 heterocycles. The fourth-order valence-corrected chi connectivity index (χ4v) is 1.39. The molecular formula is C11H17N3. The third kappa shape index (κ3) is 2.92. The SMILES string of the molecule is C=CCC(NCC)c1ccnc(C)n1. The minimum absolute atomic E-state index is 0.263. The molecule has 1 unspecified atom stereocenters. The van der Waals surface area contributed by atoms with Crippen molar-refractivity contribution in [2.24, 2.45) is 0 Å². The Labute approximate surface area is 85.3 Å². The van der Waals surface area contributed by atoms with Gasteiger partial charge in [0, 0.05) is 6.20 Å². The molecule has 1 N–H and O–H groups in total. The second-order valence-corrected chi connectivity index (χ2v) is 3.16. The highest BCUT2D eigenvalue weighted by Crippen LogP contribution is 2.13. The third-order valence-corrected chi connectivity index (χ3v) is 2.01. The molecule has 0 radical (unpaired) electrons. The van der Waals surface area contributed by atoms with Crippen molar-refractivity contribution >= 4 is 0 Å². The molecule has 0 spiro atoms. The fraction of sp³-hybridized carbons (Fsp3) is 0.455. The van der Waals surface area contributed by atoms with Crippen LogP contribution in [0.4, 0.5) is 0 Å². The van der Waals surface area contributed by atoms with Gasteiger partial charge in [0.1, 0.15) is 5.82 Å². The maximum Gasteiger partial charge on any atom is 0.125 e. The third-order valence-electron chi connectivity index (χ3n) is 2.01. The van der Waals surface area contributed by atoms with Crippen molar-refractivity contribution < 1.29 is 0 Å². The summed E-state index contributed by atoms with van der Waals surface area (Å²) in [7, 11) is 0. The van der Waals surface area contributed by atoms with Crippen LogP contribution >= 0.6 is 0 Å². The van der Waals surface area contributed by atoms with Gasteiger partial charge in [-0.3, -0.25) is 0 Å².